The third-order valence-corrected chi connectivity index (χ3v) is 4.80. The van der Waals surface area contributed by atoms with Crippen LogP contribution in [0.25, 0.3) is 0 Å². The first-order valence-corrected chi connectivity index (χ1v) is 8.86. The molecule has 2 rings (SSSR count). The van der Waals surface area contributed by atoms with Crippen molar-refractivity contribution in [3.05, 3.63) is 53.1 Å². The van der Waals surface area contributed by atoms with Crippen LogP contribution in [0.15, 0.2) is 47.4 Å². The van der Waals surface area contributed by atoms with Crippen molar-refractivity contribution in [2.75, 3.05) is 11.3 Å². The minimum absolute atomic E-state index is 0.0977. The molecule has 0 aromatic heterocycles. The predicted octanol–water partition coefficient (Wildman–Crippen LogP) is 4.10. The Kier molecular flexibility index (Phi) is 5.32. The van der Waals surface area contributed by atoms with Gasteiger partial charge in [-0.2, -0.15) is 0 Å². The Balaban J connectivity index is 2.24. The monoisotopic (exact) mass is 339 g/mol. The zero-order chi connectivity index (χ0) is 16.2. The molecule has 6 heteroatoms. The Bertz CT molecular complexity index is 742. The van der Waals surface area contributed by atoms with Gasteiger partial charge in [0.2, 0.25) is 0 Å². The molecule has 1 N–H and O–H groups in total. The number of rotatable bonds is 6. The molecular weight excluding hydrogens is 322 g/mol. The minimum atomic E-state index is -3.68. The van der Waals surface area contributed by atoms with Gasteiger partial charge >= 0.3 is 0 Å². The van der Waals surface area contributed by atoms with E-state index in [2.05, 4.69) is 4.72 Å². The van der Waals surface area contributed by atoms with Crippen LogP contribution in [0.2, 0.25) is 5.02 Å². The van der Waals surface area contributed by atoms with Gasteiger partial charge in [0.15, 0.2) is 0 Å². The van der Waals surface area contributed by atoms with Crippen LogP contribution in [0.5, 0.6) is 5.75 Å². The smallest absolute Gasteiger partial charge is 0.261 e. The molecule has 0 aliphatic carbocycles. The molecule has 22 heavy (non-hydrogen) atoms. The predicted molar refractivity (Wildman–Crippen MR) is 89.2 cm³/mol. The van der Waals surface area contributed by atoms with E-state index in [-0.39, 0.29) is 9.92 Å². The number of ether oxygens (including phenoxy) is 1. The van der Waals surface area contributed by atoms with E-state index < -0.39 is 10.0 Å². The number of nitrogens with one attached hydrogen (secondary N) is 1. The van der Waals surface area contributed by atoms with Gasteiger partial charge in [0.1, 0.15) is 5.75 Å². The number of aryl methyl sites for hydroxylation is 1. The normalized spacial score (nSPS) is 11.2. The maximum absolute atomic E-state index is 12.4. The molecule has 118 valence electrons. The van der Waals surface area contributed by atoms with Crippen molar-refractivity contribution in [1.29, 1.82) is 0 Å². The fourth-order valence-electron chi connectivity index (χ4n) is 1.94. The van der Waals surface area contributed by atoms with E-state index in [0.717, 1.165) is 12.0 Å². The lowest BCUT2D eigenvalue weighted by atomic mass is 10.2. The molecule has 0 bridgehead atoms. The molecule has 0 saturated carbocycles. The van der Waals surface area contributed by atoms with Crippen LogP contribution in [0.1, 0.15) is 19.4 Å². The van der Waals surface area contributed by atoms with E-state index in [0.29, 0.717) is 18.0 Å². The minimum Gasteiger partial charge on any atom is -0.492 e. The number of sulfonamides is 1. The van der Waals surface area contributed by atoms with Crippen LogP contribution in [0.3, 0.4) is 0 Å². The molecular formula is C16H18ClNO3S. The Morgan fingerprint density at radius 3 is 2.32 bits per heavy atom. The lowest BCUT2D eigenvalue weighted by Crippen LogP contribution is -2.13. The quantitative estimate of drug-likeness (QED) is 0.862. The maximum Gasteiger partial charge on any atom is 0.261 e. The van der Waals surface area contributed by atoms with Gasteiger partial charge < -0.3 is 4.74 Å². The van der Waals surface area contributed by atoms with Crippen molar-refractivity contribution in [3.8, 4) is 5.75 Å². The lowest BCUT2D eigenvalue weighted by molar-refractivity contribution is 0.340. The van der Waals surface area contributed by atoms with Crippen LogP contribution in [0, 0.1) is 0 Å². The highest BCUT2D eigenvalue weighted by atomic mass is 35.5. The van der Waals surface area contributed by atoms with E-state index in [1.165, 1.54) is 12.1 Å². The third-order valence-electron chi connectivity index (χ3n) is 3.13. The number of hydrogen-bond acceptors (Lipinski definition) is 3. The van der Waals surface area contributed by atoms with Gasteiger partial charge in [0.05, 0.1) is 16.5 Å². The SMILES string of the molecule is CCOc1ccc(S(=O)(=O)Nc2ccc(CC)cc2)cc1Cl. The highest BCUT2D eigenvalue weighted by molar-refractivity contribution is 7.92. The summed E-state index contributed by atoms with van der Waals surface area (Å²) in [6.45, 7) is 4.34. The molecule has 2 aromatic carbocycles. The Labute approximate surface area is 136 Å². The van der Waals surface area contributed by atoms with Gasteiger partial charge in [-0.1, -0.05) is 30.7 Å². The van der Waals surface area contributed by atoms with Crippen LogP contribution < -0.4 is 9.46 Å². The first-order valence-electron chi connectivity index (χ1n) is 7.00. The molecule has 0 heterocycles. The fourth-order valence-corrected chi connectivity index (χ4v) is 3.33. The summed E-state index contributed by atoms with van der Waals surface area (Å²) >= 11 is 6.04. The average Bonchev–Trinajstić information content (AvgIpc) is 2.50. The van der Waals surface area contributed by atoms with Crippen molar-refractivity contribution in [1.82, 2.24) is 0 Å². The zero-order valence-electron chi connectivity index (χ0n) is 12.5. The van der Waals surface area contributed by atoms with Crippen molar-refractivity contribution in [2.24, 2.45) is 0 Å². The van der Waals surface area contributed by atoms with E-state index >= 15 is 0 Å². The summed E-state index contributed by atoms with van der Waals surface area (Å²) in [5.41, 5.74) is 1.66. The summed E-state index contributed by atoms with van der Waals surface area (Å²) in [7, 11) is -3.68. The largest absolute Gasteiger partial charge is 0.492 e. The Morgan fingerprint density at radius 1 is 1.09 bits per heavy atom. The van der Waals surface area contributed by atoms with E-state index in [9.17, 15) is 8.42 Å². The molecule has 2 aromatic rings. The zero-order valence-corrected chi connectivity index (χ0v) is 14.0. The molecule has 0 radical (unpaired) electrons. The molecule has 0 fully saturated rings. The van der Waals surface area contributed by atoms with Gasteiger partial charge in [0.25, 0.3) is 10.0 Å². The fraction of sp³-hybridized carbons (Fsp3) is 0.250. The van der Waals surface area contributed by atoms with Gasteiger partial charge in [0, 0.05) is 5.69 Å². The molecule has 0 aliphatic rings. The van der Waals surface area contributed by atoms with Crippen molar-refractivity contribution < 1.29 is 13.2 Å². The molecule has 0 saturated heterocycles. The lowest BCUT2D eigenvalue weighted by Gasteiger charge is -2.11. The summed E-state index contributed by atoms with van der Waals surface area (Å²) in [5, 5.41) is 0.269. The molecule has 4 nitrogen and oxygen atoms in total. The second-order valence-corrected chi connectivity index (χ2v) is 6.77. The van der Waals surface area contributed by atoms with E-state index in [4.69, 9.17) is 16.3 Å². The van der Waals surface area contributed by atoms with E-state index in [1.54, 1.807) is 18.2 Å². The standard InChI is InChI=1S/C16H18ClNO3S/c1-3-12-5-7-13(8-6-12)18-22(19,20)14-9-10-16(21-4-2)15(17)11-14/h5-11,18H,3-4H2,1-2H3. The van der Waals surface area contributed by atoms with Crippen LogP contribution >= 0.6 is 11.6 Å². The van der Waals surface area contributed by atoms with Crippen LogP contribution in [0.4, 0.5) is 5.69 Å². The van der Waals surface area contributed by atoms with E-state index in [1.807, 2.05) is 26.0 Å². The topological polar surface area (TPSA) is 55.4 Å². The number of anilines is 1. The van der Waals surface area contributed by atoms with Gasteiger partial charge in [-0.25, -0.2) is 8.42 Å². The summed E-state index contributed by atoms with van der Waals surface area (Å²) in [4.78, 5) is 0.0977. The van der Waals surface area contributed by atoms with Crippen LogP contribution in [-0.4, -0.2) is 15.0 Å². The third kappa shape index (κ3) is 3.93. The molecule has 0 spiro atoms. The summed E-state index contributed by atoms with van der Waals surface area (Å²) in [6, 6.07) is 11.7. The first-order chi connectivity index (χ1) is 10.5. The van der Waals surface area contributed by atoms with Crippen molar-refractivity contribution in [2.45, 2.75) is 25.2 Å². The summed E-state index contributed by atoms with van der Waals surface area (Å²) < 4.78 is 32.6. The highest BCUT2D eigenvalue weighted by Crippen LogP contribution is 2.28. The van der Waals surface area contributed by atoms with Gasteiger partial charge in [-0.05, 0) is 49.2 Å². The molecule has 0 aliphatic heterocycles. The molecule has 0 unspecified atom stereocenters. The average molecular weight is 340 g/mol. The van der Waals surface area contributed by atoms with Gasteiger partial charge in [-0.3, -0.25) is 4.72 Å². The summed E-state index contributed by atoms with van der Waals surface area (Å²) in [5.74, 6) is 0.468. The van der Waals surface area contributed by atoms with Crippen LogP contribution in [-0.2, 0) is 16.4 Å². The second kappa shape index (κ2) is 7.03. The maximum atomic E-state index is 12.4. The first kappa shape index (κ1) is 16.6. The number of hydrogen-bond donors (Lipinski definition) is 1. The molecule has 0 atom stereocenters. The number of halogens is 1. The van der Waals surface area contributed by atoms with Crippen molar-refractivity contribution in [3.63, 3.8) is 0 Å². The summed E-state index contributed by atoms with van der Waals surface area (Å²) in [6.07, 6.45) is 0.904. The highest BCUT2D eigenvalue weighted by Gasteiger charge is 2.16. The Morgan fingerprint density at radius 2 is 1.77 bits per heavy atom. The Hall–Kier alpha value is -1.72. The number of benzene rings is 2. The van der Waals surface area contributed by atoms with Gasteiger partial charge in [-0.15, -0.1) is 0 Å². The second-order valence-electron chi connectivity index (χ2n) is 4.68. The molecule has 0 amide bonds. The van der Waals surface area contributed by atoms with Crippen molar-refractivity contribution >= 4 is 27.3 Å².